The first-order valence-corrected chi connectivity index (χ1v) is 8.53. The average molecular weight is 313 g/mol. The Balaban J connectivity index is 1.95. The molecule has 8 heteroatoms. The monoisotopic (exact) mass is 313 g/mol. The number of sulfonamides is 1. The third-order valence-electron chi connectivity index (χ3n) is 2.71. The SMILES string of the molecule is CCn1cc(S(=O)(=O)NC(=O)CCc2ccsc2)cn1. The van der Waals surface area contributed by atoms with E-state index >= 15 is 0 Å². The number of carbonyl (C=O) groups excluding carboxylic acids is 1. The normalized spacial score (nSPS) is 11.4. The molecule has 2 rings (SSSR count). The van der Waals surface area contributed by atoms with E-state index in [2.05, 4.69) is 9.82 Å². The standard InChI is InChI=1S/C12H15N3O3S2/c1-2-15-8-11(7-13-15)20(17,18)14-12(16)4-3-10-5-6-19-9-10/h5-9H,2-4H2,1H3,(H,14,16). The highest BCUT2D eigenvalue weighted by atomic mass is 32.2. The molecule has 2 aromatic heterocycles. The van der Waals surface area contributed by atoms with Crippen LogP contribution in [-0.2, 0) is 27.8 Å². The van der Waals surface area contributed by atoms with Crippen LogP contribution in [0, 0.1) is 0 Å². The number of amides is 1. The average Bonchev–Trinajstić information content (AvgIpc) is 3.07. The number of rotatable bonds is 6. The summed E-state index contributed by atoms with van der Waals surface area (Å²) in [7, 11) is -3.82. The van der Waals surface area contributed by atoms with Gasteiger partial charge < -0.3 is 0 Å². The minimum Gasteiger partial charge on any atom is -0.274 e. The molecule has 0 spiro atoms. The van der Waals surface area contributed by atoms with Crippen molar-refractivity contribution in [3.63, 3.8) is 0 Å². The van der Waals surface area contributed by atoms with Crippen LogP contribution in [0.1, 0.15) is 18.9 Å². The van der Waals surface area contributed by atoms with Gasteiger partial charge in [0.15, 0.2) is 0 Å². The number of hydrogen-bond donors (Lipinski definition) is 1. The van der Waals surface area contributed by atoms with Gasteiger partial charge in [0.2, 0.25) is 5.91 Å². The van der Waals surface area contributed by atoms with Crippen molar-refractivity contribution in [2.45, 2.75) is 31.2 Å². The zero-order valence-corrected chi connectivity index (χ0v) is 12.6. The van der Waals surface area contributed by atoms with Crippen LogP contribution in [0.25, 0.3) is 0 Å². The summed E-state index contributed by atoms with van der Waals surface area (Å²) in [5, 5.41) is 7.74. The van der Waals surface area contributed by atoms with Crippen LogP contribution in [0.2, 0.25) is 0 Å². The summed E-state index contributed by atoms with van der Waals surface area (Å²) in [5.41, 5.74) is 1.03. The maximum atomic E-state index is 11.9. The van der Waals surface area contributed by atoms with Gasteiger partial charge in [0.1, 0.15) is 4.90 Å². The maximum Gasteiger partial charge on any atom is 0.267 e. The van der Waals surface area contributed by atoms with Crippen LogP contribution in [0.5, 0.6) is 0 Å². The van der Waals surface area contributed by atoms with Gasteiger partial charge in [0.25, 0.3) is 10.0 Å². The number of nitrogens with zero attached hydrogens (tertiary/aromatic N) is 2. The van der Waals surface area contributed by atoms with Gasteiger partial charge >= 0.3 is 0 Å². The number of carbonyl (C=O) groups is 1. The highest BCUT2D eigenvalue weighted by molar-refractivity contribution is 7.90. The van der Waals surface area contributed by atoms with E-state index in [0.29, 0.717) is 13.0 Å². The van der Waals surface area contributed by atoms with E-state index in [1.165, 1.54) is 17.1 Å². The molecule has 0 unspecified atom stereocenters. The van der Waals surface area contributed by atoms with Gasteiger partial charge in [-0.15, -0.1) is 0 Å². The third-order valence-corrected chi connectivity index (χ3v) is 4.77. The molecule has 20 heavy (non-hydrogen) atoms. The lowest BCUT2D eigenvalue weighted by Gasteiger charge is -2.04. The molecule has 0 saturated carbocycles. The van der Waals surface area contributed by atoms with Gasteiger partial charge in [-0.3, -0.25) is 9.48 Å². The molecule has 108 valence electrons. The molecule has 0 aliphatic rings. The number of aryl methyl sites for hydroxylation is 2. The summed E-state index contributed by atoms with van der Waals surface area (Å²) < 4.78 is 27.4. The van der Waals surface area contributed by atoms with Crippen LogP contribution in [0.3, 0.4) is 0 Å². The lowest BCUT2D eigenvalue weighted by atomic mass is 10.2. The quantitative estimate of drug-likeness (QED) is 0.874. The van der Waals surface area contributed by atoms with Crippen molar-refractivity contribution >= 4 is 27.3 Å². The van der Waals surface area contributed by atoms with E-state index in [1.807, 2.05) is 23.8 Å². The van der Waals surface area contributed by atoms with Crippen LogP contribution in [0.4, 0.5) is 0 Å². The minimum absolute atomic E-state index is 0.00299. The predicted molar refractivity (Wildman–Crippen MR) is 75.9 cm³/mol. The van der Waals surface area contributed by atoms with Crippen molar-refractivity contribution in [1.29, 1.82) is 0 Å². The molecule has 2 heterocycles. The van der Waals surface area contributed by atoms with Gasteiger partial charge in [0, 0.05) is 19.2 Å². The van der Waals surface area contributed by atoms with Crippen LogP contribution in [0.15, 0.2) is 34.1 Å². The summed E-state index contributed by atoms with van der Waals surface area (Å²) in [6, 6.07) is 1.91. The Morgan fingerprint density at radius 3 is 2.90 bits per heavy atom. The predicted octanol–water partition coefficient (Wildman–Crippen LogP) is 1.40. The van der Waals surface area contributed by atoms with E-state index in [1.54, 1.807) is 11.3 Å². The molecule has 0 aliphatic heterocycles. The van der Waals surface area contributed by atoms with Crippen molar-refractivity contribution in [1.82, 2.24) is 14.5 Å². The molecule has 2 aromatic rings. The van der Waals surface area contributed by atoms with Gasteiger partial charge in [-0.05, 0) is 35.7 Å². The Hall–Kier alpha value is -1.67. The smallest absolute Gasteiger partial charge is 0.267 e. The van der Waals surface area contributed by atoms with Gasteiger partial charge in [0.05, 0.1) is 6.20 Å². The maximum absolute atomic E-state index is 11.9. The molecule has 0 bridgehead atoms. The molecular formula is C12H15N3O3S2. The Labute approximate surface area is 121 Å². The zero-order chi connectivity index (χ0) is 14.6. The molecule has 0 radical (unpaired) electrons. The first kappa shape index (κ1) is 14.7. The Morgan fingerprint density at radius 2 is 2.30 bits per heavy atom. The van der Waals surface area contributed by atoms with Gasteiger partial charge in [-0.25, -0.2) is 13.1 Å². The summed E-state index contributed by atoms with van der Waals surface area (Å²) in [4.78, 5) is 11.7. The molecule has 0 atom stereocenters. The fourth-order valence-corrected chi connectivity index (χ4v) is 3.28. The van der Waals surface area contributed by atoms with Crippen molar-refractivity contribution in [2.75, 3.05) is 0 Å². The summed E-state index contributed by atoms with van der Waals surface area (Å²) in [5.74, 6) is -0.513. The van der Waals surface area contributed by atoms with Gasteiger partial charge in [-0.2, -0.15) is 16.4 Å². The first-order chi connectivity index (χ1) is 9.51. The fourth-order valence-electron chi connectivity index (χ4n) is 1.61. The van der Waals surface area contributed by atoms with Crippen molar-refractivity contribution < 1.29 is 13.2 Å². The number of hydrogen-bond acceptors (Lipinski definition) is 5. The molecule has 1 N–H and O–H groups in total. The zero-order valence-electron chi connectivity index (χ0n) is 10.9. The molecule has 0 aliphatic carbocycles. The lowest BCUT2D eigenvalue weighted by Crippen LogP contribution is -2.30. The van der Waals surface area contributed by atoms with Crippen molar-refractivity contribution in [3.8, 4) is 0 Å². The van der Waals surface area contributed by atoms with E-state index in [-0.39, 0.29) is 11.3 Å². The highest BCUT2D eigenvalue weighted by Crippen LogP contribution is 2.10. The Kier molecular flexibility index (Phi) is 4.56. The molecule has 0 aromatic carbocycles. The summed E-state index contributed by atoms with van der Waals surface area (Å²) in [6.07, 6.45) is 3.30. The second-order valence-corrected chi connectivity index (χ2v) is 6.65. The number of nitrogens with one attached hydrogen (secondary N) is 1. The van der Waals surface area contributed by atoms with Crippen molar-refractivity contribution in [2.24, 2.45) is 0 Å². The second-order valence-electron chi connectivity index (χ2n) is 4.19. The fraction of sp³-hybridized carbons (Fsp3) is 0.333. The Bertz CT molecular complexity index is 675. The Morgan fingerprint density at radius 1 is 1.50 bits per heavy atom. The van der Waals surface area contributed by atoms with Crippen LogP contribution < -0.4 is 4.72 Å². The highest BCUT2D eigenvalue weighted by Gasteiger charge is 2.19. The summed E-state index contributed by atoms with van der Waals surface area (Å²) >= 11 is 1.55. The summed E-state index contributed by atoms with van der Waals surface area (Å²) in [6.45, 7) is 2.42. The largest absolute Gasteiger partial charge is 0.274 e. The molecular weight excluding hydrogens is 298 g/mol. The van der Waals surface area contributed by atoms with Gasteiger partial charge in [-0.1, -0.05) is 0 Å². The number of aromatic nitrogens is 2. The van der Waals surface area contributed by atoms with E-state index in [4.69, 9.17) is 0 Å². The van der Waals surface area contributed by atoms with E-state index < -0.39 is 15.9 Å². The molecule has 1 amide bonds. The van der Waals surface area contributed by atoms with Crippen LogP contribution >= 0.6 is 11.3 Å². The van der Waals surface area contributed by atoms with Crippen LogP contribution in [-0.4, -0.2) is 24.1 Å². The third kappa shape index (κ3) is 3.67. The second kappa shape index (κ2) is 6.19. The lowest BCUT2D eigenvalue weighted by molar-refractivity contribution is -0.119. The number of thiophene rings is 1. The van der Waals surface area contributed by atoms with Crippen molar-refractivity contribution in [3.05, 3.63) is 34.8 Å². The molecule has 0 saturated heterocycles. The molecule has 0 fully saturated rings. The topological polar surface area (TPSA) is 81.1 Å². The van der Waals surface area contributed by atoms with E-state index in [9.17, 15) is 13.2 Å². The minimum atomic E-state index is -3.82. The molecule has 6 nitrogen and oxygen atoms in total. The first-order valence-electron chi connectivity index (χ1n) is 6.10. The van der Waals surface area contributed by atoms with E-state index in [0.717, 1.165) is 5.56 Å².